The predicted molar refractivity (Wildman–Crippen MR) is 109 cm³/mol. The monoisotopic (exact) mass is 417 g/mol. The van der Waals surface area contributed by atoms with Crippen LogP contribution in [0.25, 0.3) is 22.2 Å². The van der Waals surface area contributed by atoms with E-state index in [4.69, 9.17) is 16.1 Å². The molecule has 0 bridgehead atoms. The lowest BCUT2D eigenvalue weighted by Crippen LogP contribution is -2.07. The van der Waals surface area contributed by atoms with E-state index in [2.05, 4.69) is 52.0 Å². The molecule has 1 atom stereocenters. The molecule has 4 rings (SSSR count). The van der Waals surface area contributed by atoms with Gasteiger partial charge in [0.2, 0.25) is 0 Å². The first-order valence-electron chi connectivity index (χ1n) is 8.34. The molecule has 0 aliphatic carbocycles. The molecule has 0 amide bonds. The Hall–Kier alpha value is -2.16. The highest BCUT2D eigenvalue weighted by molar-refractivity contribution is 7.80. The zero-order chi connectivity index (χ0) is 19.0. The summed E-state index contributed by atoms with van der Waals surface area (Å²) < 4.78 is 7.42. The number of benzene rings is 1. The van der Waals surface area contributed by atoms with Crippen LogP contribution in [0.3, 0.4) is 0 Å². The molecule has 0 radical (unpaired) electrons. The van der Waals surface area contributed by atoms with Crippen LogP contribution in [0.4, 0.5) is 0 Å². The van der Waals surface area contributed by atoms with Gasteiger partial charge in [-0.25, -0.2) is 0 Å². The van der Waals surface area contributed by atoms with E-state index >= 15 is 0 Å². The van der Waals surface area contributed by atoms with Crippen LogP contribution in [0.5, 0.6) is 0 Å². The largest absolute Gasteiger partial charge is 0.334 e. The number of hydrogen-bond acceptors (Lipinski definition) is 7. The third-order valence-corrected chi connectivity index (χ3v) is 5.75. The Labute approximate surface area is 170 Å². The van der Waals surface area contributed by atoms with E-state index in [1.807, 2.05) is 23.6 Å². The summed E-state index contributed by atoms with van der Waals surface area (Å²) in [5, 5.41) is 12.9. The average Bonchev–Trinajstić information content (AvgIpc) is 3.39. The average molecular weight is 418 g/mol. The van der Waals surface area contributed by atoms with Gasteiger partial charge in [0.05, 0.1) is 4.88 Å². The minimum Gasteiger partial charge on any atom is -0.334 e. The van der Waals surface area contributed by atoms with E-state index in [-0.39, 0.29) is 0 Å². The van der Waals surface area contributed by atoms with E-state index in [0.29, 0.717) is 29.1 Å². The van der Waals surface area contributed by atoms with Gasteiger partial charge in [0.25, 0.3) is 5.89 Å². The van der Waals surface area contributed by atoms with E-state index in [0.717, 1.165) is 16.3 Å². The van der Waals surface area contributed by atoms with Crippen molar-refractivity contribution in [2.45, 2.75) is 25.6 Å². The normalized spacial score (nSPS) is 12.4. The summed E-state index contributed by atoms with van der Waals surface area (Å²) in [6.45, 7) is 4.83. The molecule has 0 aliphatic rings. The van der Waals surface area contributed by atoms with Crippen molar-refractivity contribution in [1.82, 2.24) is 24.9 Å². The second kappa shape index (κ2) is 7.46. The maximum Gasteiger partial charge on any atom is 0.258 e. The smallest absolute Gasteiger partial charge is 0.258 e. The van der Waals surface area contributed by atoms with Gasteiger partial charge in [-0.05, 0) is 44.2 Å². The van der Waals surface area contributed by atoms with Crippen LogP contribution in [0.2, 0.25) is 5.02 Å². The first kappa shape index (κ1) is 18.2. The van der Waals surface area contributed by atoms with Crippen LogP contribution in [-0.4, -0.2) is 24.9 Å². The fraction of sp³-hybridized carbons (Fsp3) is 0.222. The quantitative estimate of drug-likeness (QED) is 0.460. The van der Waals surface area contributed by atoms with E-state index in [1.165, 1.54) is 4.88 Å². The Bertz CT molecular complexity index is 1090. The summed E-state index contributed by atoms with van der Waals surface area (Å²) in [7, 11) is 0. The van der Waals surface area contributed by atoms with E-state index < -0.39 is 5.25 Å². The van der Waals surface area contributed by atoms with Crippen LogP contribution in [0.1, 0.15) is 28.7 Å². The Morgan fingerprint density at radius 1 is 1.26 bits per heavy atom. The first-order valence-corrected chi connectivity index (χ1v) is 10.1. The topological polar surface area (TPSA) is 69.6 Å². The zero-order valence-corrected chi connectivity index (χ0v) is 17.1. The van der Waals surface area contributed by atoms with Gasteiger partial charge in [0.1, 0.15) is 5.25 Å². The fourth-order valence-electron chi connectivity index (χ4n) is 2.77. The Kier molecular flexibility index (Phi) is 5.03. The number of hydrogen-bond donors (Lipinski definition) is 1. The lowest BCUT2D eigenvalue weighted by molar-refractivity contribution is 0.422. The van der Waals surface area contributed by atoms with Crippen LogP contribution in [0.15, 0.2) is 40.9 Å². The first-order chi connectivity index (χ1) is 13.1. The van der Waals surface area contributed by atoms with E-state index in [1.54, 1.807) is 23.5 Å². The van der Waals surface area contributed by atoms with Gasteiger partial charge in [0.15, 0.2) is 17.5 Å². The molecule has 1 unspecified atom stereocenters. The summed E-state index contributed by atoms with van der Waals surface area (Å²) in [4.78, 5) is 6.76. The number of aromatic nitrogens is 5. The lowest BCUT2D eigenvalue weighted by atomic mass is 10.2. The van der Waals surface area contributed by atoms with Crippen LogP contribution in [-0.2, 0) is 6.54 Å². The van der Waals surface area contributed by atoms with Gasteiger partial charge >= 0.3 is 0 Å². The molecule has 0 aliphatic heterocycles. The van der Waals surface area contributed by atoms with Gasteiger partial charge in [0, 0.05) is 22.0 Å². The molecule has 0 fully saturated rings. The summed E-state index contributed by atoms with van der Waals surface area (Å²) >= 11 is 12.4. The molecule has 4 aromatic rings. The van der Waals surface area contributed by atoms with Gasteiger partial charge in [-0.15, -0.1) is 21.5 Å². The van der Waals surface area contributed by atoms with Crippen molar-refractivity contribution >= 4 is 35.6 Å². The highest BCUT2D eigenvalue weighted by atomic mass is 35.5. The minimum absolute atomic E-state index is 0.392. The molecule has 3 aromatic heterocycles. The fourth-order valence-corrected chi connectivity index (χ4v) is 4.11. The van der Waals surface area contributed by atoms with Gasteiger partial charge in [-0.3, -0.25) is 0 Å². The van der Waals surface area contributed by atoms with Crippen molar-refractivity contribution in [3.05, 3.63) is 57.9 Å². The molecule has 0 saturated carbocycles. The van der Waals surface area contributed by atoms with Crippen molar-refractivity contribution in [3.8, 4) is 22.2 Å². The molecule has 3 heterocycles. The van der Waals surface area contributed by atoms with Gasteiger partial charge in [-0.2, -0.15) is 17.6 Å². The Balaban J connectivity index is 1.67. The van der Waals surface area contributed by atoms with Crippen LogP contribution in [0, 0.1) is 6.92 Å². The van der Waals surface area contributed by atoms with Gasteiger partial charge < -0.3 is 9.09 Å². The van der Waals surface area contributed by atoms with Crippen molar-refractivity contribution in [3.63, 3.8) is 0 Å². The molecular weight excluding hydrogens is 402 g/mol. The molecule has 0 saturated heterocycles. The zero-order valence-electron chi connectivity index (χ0n) is 14.6. The summed E-state index contributed by atoms with van der Waals surface area (Å²) in [5.74, 6) is 2.33. The molecular formula is C18H16ClN5OS2. The third kappa shape index (κ3) is 3.52. The van der Waals surface area contributed by atoms with Crippen molar-refractivity contribution < 1.29 is 4.52 Å². The molecule has 0 spiro atoms. The lowest BCUT2D eigenvalue weighted by Gasteiger charge is -2.09. The molecule has 27 heavy (non-hydrogen) atoms. The summed E-state index contributed by atoms with van der Waals surface area (Å²) in [5.41, 5.74) is 0.758. The van der Waals surface area contributed by atoms with Gasteiger partial charge in [-0.1, -0.05) is 22.8 Å². The number of thiol groups is 1. The SMILES string of the molecule is CCn1c(-c2ccc(C)s2)nnc1C(S)c1noc(-c2cccc(Cl)c2)n1. The second-order valence-electron chi connectivity index (χ2n) is 5.91. The summed E-state index contributed by atoms with van der Waals surface area (Å²) in [6, 6.07) is 11.4. The molecule has 0 N–H and O–H groups in total. The second-order valence-corrected chi connectivity index (χ2v) is 8.15. The standard InChI is InChI=1S/C18H16ClN5OS2/c1-3-24-16(13-8-7-10(2)27-13)21-22-17(24)14(26)15-20-18(25-23-15)11-5-4-6-12(19)9-11/h4-9,14,26H,3H2,1-2H3. The van der Waals surface area contributed by atoms with E-state index in [9.17, 15) is 0 Å². The number of thiophene rings is 1. The minimum atomic E-state index is -0.455. The highest BCUT2D eigenvalue weighted by Gasteiger charge is 2.25. The van der Waals surface area contributed by atoms with Crippen molar-refractivity contribution in [1.29, 1.82) is 0 Å². The molecule has 138 valence electrons. The van der Waals surface area contributed by atoms with Crippen molar-refractivity contribution in [2.24, 2.45) is 0 Å². The summed E-state index contributed by atoms with van der Waals surface area (Å²) in [6.07, 6.45) is 0. The maximum atomic E-state index is 6.04. The number of aryl methyl sites for hydroxylation is 1. The number of nitrogens with zero attached hydrogens (tertiary/aromatic N) is 5. The Morgan fingerprint density at radius 3 is 2.81 bits per heavy atom. The molecule has 6 nitrogen and oxygen atoms in total. The predicted octanol–water partition coefficient (Wildman–Crippen LogP) is 5.06. The molecule has 1 aromatic carbocycles. The maximum absolute atomic E-state index is 6.04. The number of rotatable bonds is 5. The molecule has 9 heteroatoms. The van der Waals surface area contributed by atoms with Crippen molar-refractivity contribution in [2.75, 3.05) is 0 Å². The number of halogens is 1. The van der Waals surface area contributed by atoms with Crippen LogP contribution >= 0.6 is 35.6 Å². The third-order valence-electron chi connectivity index (χ3n) is 4.06. The highest BCUT2D eigenvalue weighted by Crippen LogP contribution is 2.32. The van der Waals surface area contributed by atoms with Crippen LogP contribution < -0.4 is 0 Å². The Morgan fingerprint density at radius 2 is 2.11 bits per heavy atom.